The molecule has 6 rings (SSSR count). The van der Waals surface area contributed by atoms with Gasteiger partial charge in [-0.05, 0) is 68.9 Å². The first-order valence-corrected chi connectivity index (χ1v) is 16.1. The Morgan fingerprint density at radius 2 is 1.20 bits per heavy atom. The van der Waals surface area contributed by atoms with Crippen LogP contribution in [0.3, 0.4) is 0 Å². The molecular formula is C32H47N9O4. The Morgan fingerprint density at radius 1 is 0.711 bits per heavy atom. The minimum absolute atomic E-state index is 0.00598. The van der Waals surface area contributed by atoms with Gasteiger partial charge in [-0.15, -0.1) is 0 Å². The third-order valence-electron chi connectivity index (χ3n) is 9.16. The molecule has 4 aliphatic heterocycles. The van der Waals surface area contributed by atoms with Gasteiger partial charge in [-0.25, -0.2) is 4.79 Å². The van der Waals surface area contributed by atoms with Crippen LogP contribution in [-0.4, -0.2) is 130 Å². The third kappa shape index (κ3) is 8.18. The highest BCUT2D eigenvalue weighted by Gasteiger charge is 2.35. The number of rotatable bonds is 7. The lowest BCUT2D eigenvalue weighted by molar-refractivity contribution is -0.0644. The standard InChI is InChI=1S/C32H47N9O4/c1-38(2)27-11-13-39(14-12-27)29(42)24-5-9-26(10-6-24)34-32(43)33-25-7-3-23(4-8-25)28-35-30(40-15-19-44-20-16-40)37-31(36-28)41-17-21-45-22-18-41/h3-10,27-28,30-31,35-37H,11-22H2,1-2H3,(H2,33,34,43). The lowest BCUT2D eigenvalue weighted by atomic mass is 10.0. The van der Waals surface area contributed by atoms with E-state index < -0.39 is 0 Å². The number of hydrogen-bond acceptors (Lipinski definition) is 10. The van der Waals surface area contributed by atoms with E-state index in [0.29, 0.717) is 23.0 Å². The maximum Gasteiger partial charge on any atom is 0.323 e. The van der Waals surface area contributed by atoms with E-state index in [4.69, 9.17) is 9.47 Å². The lowest BCUT2D eigenvalue weighted by Crippen LogP contribution is -2.73. The number of urea groups is 1. The van der Waals surface area contributed by atoms with Crippen LogP contribution in [0, 0.1) is 0 Å². The number of carbonyl (C=O) groups is 2. The van der Waals surface area contributed by atoms with Crippen molar-refractivity contribution < 1.29 is 19.1 Å². The zero-order valence-electron chi connectivity index (χ0n) is 26.3. The monoisotopic (exact) mass is 621 g/mol. The van der Waals surface area contributed by atoms with Gasteiger partial charge >= 0.3 is 6.03 Å². The fraction of sp³-hybridized carbons (Fsp3) is 0.562. The van der Waals surface area contributed by atoms with Gasteiger partial charge in [0.25, 0.3) is 5.91 Å². The Labute approximate surface area is 265 Å². The molecule has 3 amide bonds. The second-order valence-electron chi connectivity index (χ2n) is 12.3. The number of ether oxygens (including phenoxy) is 2. The molecule has 0 radical (unpaired) electrons. The summed E-state index contributed by atoms with van der Waals surface area (Å²) in [5, 5.41) is 16.9. The third-order valence-corrected chi connectivity index (χ3v) is 9.16. The topological polar surface area (TPSA) is 126 Å². The number of anilines is 2. The minimum Gasteiger partial charge on any atom is -0.379 e. The summed E-state index contributed by atoms with van der Waals surface area (Å²) in [5.74, 6) is 0.0357. The molecule has 0 bridgehead atoms. The summed E-state index contributed by atoms with van der Waals surface area (Å²) in [4.78, 5) is 34.7. The molecule has 2 atom stereocenters. The van der Waals surface area contributed by atoms with E-state index in [-0.39, 0.29) is 30.7 Å². The highest BCUT2D eigenvalue weighted by Crippen LogP contribution is 2.21. The second-order valence-corrected chi connectivity index (χ2v) is 12.3. The Balaban J connectivity index is 1.03. The molecule has 13 heteroatoms. The van der Waals surface area contributed by atoms with Gasteiger partial charge in [-0.1, -0.05) is 12.1 Å². The number of hydrogen-bond donors (Lipinski definition) is 5. The van der Waals surface area contributed by atoms with E-state index >= 15 is 0 Å². The number of piperidine rings is 1. The van der Waals surface area contributed by atoms with Gasteiger partial charge in [0.15, 0.2) is 0 Å². The van der Waals surface area contributed by atoms with E-state index in [1.54, 1.807) is 24.3 Å². The van der Waals surface area contributed by atoms with E-state index in [1.807, 2.05) is 29.2 Å². The van der Waals surface area contributed by atoms with Gasteiger partial charge in [0.1, 0.15) is 12.6 Å². The van der Waals surface area contributed by atoms with Crippen LogP contribution in [0.4, 0.5) is 16.2 Å². The number of morpholine rings is 2. The number of amides is 3. The molecule has 4 aliphatic rings. The van der Waals surface area contributed by atoms with E-state index in [0.717, 1.165) is 84.1 Å². The van der Waals surface area contributed by atoms with Gasteiger partial charge in [0.2, 0.25) is 0 Å². The summed E-state index contributed by atoms with van der Waals surface area (Å²) in [6.07, 6.45) is 1.86. The minimum atomic E-state index is -0.342. The van der Waals surface area contributed by atoms with Crippen LogP contribution in [0.5, 0.6) is 0 Å². The Morgan fingerprint density at radius 3 is 1.69 bits per heavy atom. The average Bonchev–Trinajstić information content (AvgIpc) is 3.09. The zero-order valence-corrected chi connectivity index (χ0v) is 26.3. The van der Waals surface area contributed by atoms with Crippen LogP contribution < -0.4 is 26.6 Å². The van der Waals surface area contributed by atoms with Crippen molar-refractivity contribution in [1.29, 1.82) is 0 Å². The van der Waals surface area contributed by atoms with Gasteiger partial charge < -0.3 is 29.9 Å². The first-order valence-electron chi connectivity index (χ1n) is 16.1. The van der Waals surface area contributed by atoms with Crippen LogP contribution in [0.25, 0.3) is 0 Å². The summed E-state index contributed by atoms with van der Waals surface area (Å²) >= 11 is 0. The van der Waals surface area contributed by atoms with Gasteiger partial charge in [-0.3, -0.25) is 30.5 Å². The molecule has 45 heavy (non-hydrogen) atoms. The van der Waals surface area contributed by atoms with Gasteiger partial charge in [0, 0.05) is 62.2 Å². The van der Waals surface area contributed by atoms with Crippen molar-refractivity contribution in [1.82, 2.24) is 35.6 Å². The van der Waals surface area contributed by atoms with Crippen molar-refractivity contribution in [3.05, 3.63) is 59.7 Å². The summed E-state index contributed by atoms with van der Waals surface area (Å²) in [6.45, 7) is 7.86. The molecule has 4 saturated heterocycles. The maximum atomic E-state index is 13.0. The first-order chi connectivity index (χ1) is 21.9. The summed E-state index contributed by atoms with van der Waals surface area (Å²) in [7, 11) is 4.18. The lowest BCUT2D eigenvalue weighted by Gasteiger charge is -2.48. The summed E-state index contributed by atoms with van der Waals surface area (Å²) in [5.41, 5.74) is 3.02. The molecule has 13 nitrogen and oxygen atoms in total. The molecule has 0 aliphatic carbocycles. The number of likely N-dealkylation sites (tertiary alicyclic amines) is 1. The average molecular weight is 622 g/mol. The van der Waals surface area contributed by atoms with Crippen LogP contribution in [0.15, 0.2) is 48.5 Å². The predicted octanol–water partition coefficient (Wildman–Crippen LogP) is 1.51. The van der Waals surface area contributed by atoms with Crippen LogP contribution in [0.1, 0.15) is 34.9 Å². The van der Waals surface area contributed by atoms with Crippen LogP contribution in [0.2, 0.25) is 0 Å². The van der Waals surface area contributed by atoms with E-state index in [2.05, 4.69) is 55.4 Å². The molecule has 5 N–H and O–H groups in total. The number of carbonyl (C=O) groups excluding carboxylic acids is 2. The van der Waals surface area contributed by atoms with E-state index in [1.165, 1.54) is 0 Å². The molecule has 0 saturated carbocycles. The summed E-state index contributed by atoms with van der Waals surface area (Å²) < 4.78 is 11.2. The molecule has 4 heterocycles. The van der Waals surface area contributed by atoms with Gasteiger partial charge in [-0.2, -0.15) is 0 Å². The van der Waals surface area contributed by atoms with Gasteiger partial charge in [0.05, 0.1) is 32.6 Å². The molecule has 2 unspecified atom stereocenters. The molecule has 4 fully saturated rings. The Bertz CT molecular complexity index is 1230. The normalized spacial score (nSPS) is 25.7. The molecule has 244 valence electrons. The van der Waals surface area contributed by atoms with Crippen LogP contribution >= 0.6 is 0 Å². The van der Waals surface area contributed by atoms with Crippen molar-refractivity contribution in [3.63, 3.8) is 0 Å². The summed E-state index contributed by atoms with van der Waals surface area (Å²) in [6, 6.07) is 15.2. The Hall–Kier alpha value is -3.14. The van der Waals surface area contributed by atoms with E-state index in [9.17, 15) is 9.59 Å². The number of benzene rings is 2. The molecule has 0 aromatic heterocycles. The maximum absolute atomic E-state index is 13.0. The molecular weight excluding hydrogens is 574 g/mol. The van der Waals surface area contributed by atoms with Crippen LogP contribution in [-0.2, 0) is 9.47 Å². The largest absolute Gasteiger partial charge is 0.379 e. The van der Waals surface area contributed by atoms with Crippen molar-refractivity contribution in [3.8, 4) is 0 Å². The second kappa shape index (κ2) is 15.0. The number of nitrogens with zero attached hydrogens (tertiary/aromatic N) is 4. The van der Waals surface area contributed by atoms with Crippen molar-refractivity contribution >= 4 is 23.3 Å². The molecule has 2 aromatic carbocycles. The highest BCUT2D eigenvalue weighted by molar-refractivity contribution is 6.00. The first kappa shape index (κ1) is 31.8. The smallest absolute Gasteiger partial charge is 0.323 e. The number of nitrogens with one attached hydrogen (secondary N) is 5. The highest BCUT2D eigenvalue weighted by atomic mass is 16.5. The van der Waals surface area contributed by atoms with Crippen molar-refractivity contribution in [2.75, 3.05) is 90.4 Å². The molecule has 0 spiro atoms. The Kier molecular flexibility index (Phi) is 10.6. The van der Waals surface area contributed by atoms with Crippen molar-refractivity contribution in [2.24, 2.45) is 0 Å². The predicted molar refractivity (Wildman–Crippen MR) is 173 cm³/mol. The fourth-order valence-electron chi connectivity index (χ4n) is 6.41. The SMILES string of the molecule is CN(C)C1CCN(C(=O)c2ccc(NC(=O)Nc3ccc(C4NC(N5CCOCC5)NC(N5CCOCC5)N4)cc3)cc2)CC1. The zero-order chi connectivity index (χ0) is 31.2. The fourth-order valence-corrected chi connectivity index (χ4v) is 6.41. The molecule has 2 aromatic rings. The van der Waals surface area contributed by atoms with Crippen molar-refractivity contribution in [2.45, 2.75) is 37.6 Å². The quantitative estimate of drug-likeness (QED) is 0.311.